The van der Waals surface area contributed by atoms with Crippen LogP contribution in [0.15, 0.2) is 48.5 Å². The van der Waals surface area contributed by atoms with Crippen LogP contribution in [-0.4, -0.2) is 54.5 Å². The van der Waals surface area contributed by atoms with Crippen LogP contribution in [0.2, 0.25) is 10.0 Å². The van der Waals surface area contributed by atoms with Crippen molar-refractivity contribution in [2.24, 2.45) is 0 Å². The summed E-state index contributed by atoms with van der Waals surface area (Å²) in [5, 5.41) is 3.91. The molecule has 1 fully saturated rings. The Bertz CT molecular complexity index is 761. The Morgan fingerprint density at radius 3 is 2.44 bits per heavy atom. The van der Waals surface area contributed by atoms with Gasteiger partial charge in [-0.15, -0.1) is 0 Å². The van der Waals surface area contributed by atoms with Gasteiger partial charge in [-0.25, -0.2) is 0 Å². The van der Waals surface area contributed by atoms with Crippen LogP contribution < -0.4 is 5.32 Å². The van der Waals surface area contributed by atoms with E-state index in [1.807, 2.05) is 13.0 Å². The molecule has 0 bridgehead atoms. The van der Waals surface area contributed by atoms with Crippen LogP contribution in [0.4, 0.5) is 5.69 Å². The summed E-state index contributed by atoms with van der Waals surface area (Å²) < 4.78 is 0. The summed E-state index contributed by atoms with van der Waals surface area (Å²) in [4.78, 5) is 17.3. The van der Waals surface area contributed by atoms with E-state index in [9.17, 15) is 4.79 Å². The zero-order valence-corrected chi connectivity index (χ0v) is 17.0. The van der Waals surface area contributed by atoms with Crippen LogP contribution in [0.3, 0.4) is 0 Å². The molecule has 0 saturated carbocycles. The molecule has 2 aromatic rings. The third kappa shape index (κ3) is 5.69. The molecule has 1 heterocycles. The number of benzene rings is 2. The lowest BCUT2D eigenvalue weighted by atomic mass is 10.1. The lowest BCUT2D eigenvalue weighted by molar-refractivity contribution is -0.121. The molecule has 27 heavy (non-hydrogen) atoms. The Morgan fingerprint density at radius 2 is 1.78 bits per heavy atom. The van der Waals surface area contributed by atoms with Crippen molar-refractivity contribution in [1.29, 1.82) is 0 Å². The minimum Gasteiger partial charge on any atom is -0.323 e. The lowest BCUT2D eigenvalue weighted by Crippen LogP contribution is -2.53. The molecule has 6 heteroatoms. The SMILES string of the molecule is C[C@@H](C(=O)Nc1ccc(Cl)cc1Cl)N1CCN(CCc2ccccc2)CC1. The number of nitrogens with zero attached hydrogens (tertiary/aromatic N) is 2. The molecule has 0 aromatic heterocycles. The van der Waals surface area contributed by atoms with Crippen LogP contribution in [0, 0.1) is 0 Å². The van der Waals surface area contributed by atoms with Gasteiger partial charge in [0.2, 0.25) is 5.91 Å². The Hall–Kier alpha value is -1.59. The maximum atomic E-state index is 12.6. The molecule has 1 aliphatic rings. The summed E-state index contributed by atoms with van der Waals surface area (Å²) in [5.74, 6) is -0.0445. The molecule has 1 N–H and O–H groups in total. The second-order valence-corrected chi connectivity index (χ2v) is 7.75. The summed E-state index contributed by atoms with van der Waals surface area (Å²) in [6, 6.07) is 15.4. The maximum absolute atomic E-state index is 12.6. The Labute approximate surface area is 171 Å². The smallest absolute Gasteiger partial charge is 0.241 e. The maximum Gasteiger partial charge on any atom is 0.241 e. The van der Waals surface area contributed by atoms with Crippen molar-refractivity contribution in [3.8, 4) is 0 Å². The predicted molar refractivity (Wildman–Crippen MR) is 113 cm³/mol. The Balaban J connectivity index is 1.46. The Morgan fingerprint density at radius 1 is 1.07 bits per heavy atom. The number of rotatable bonds is 6. The molecular weight excluding hydrogens is 381 g/mol. The third-order valence-electron chi connectivity index (χ3n) is 5.08. The fraction of sp³-hybridized carbons (Fsp3) is 0.381. The summed E-state index contributed by atoms with van der Waals surface area (Å²) in [6.45, 7) is 6.73. The number of amides is 1. The van der Waals surface area contributed by atoms with Crippen molar-refractivity contribution < 1.29 is 4.79 Å². The van der Waals surface area contributed by atoms with Crippen LogP contribution in [-0.2, 0) is 11.2 Å². The van der Waals surface area contributed by atoms with Crippen LogP contribution in [0.5, 0.6) is 0 Å². The van der Waals surface area contributed by atoms with Gasteiger partial charge < -0.3 is 10.2 Å². The fourth-order valence-electron chi connectivity index (χ4n) is 3.30. The second kappa shape index (κ2) is 9.56. The largest absolute Gasteiger partial charge is 0.323 e. The highest BCUT2D eigenvalue weighted by Crippen LogP contribution is 2.25. The first kappa shape index (κ1) is 20.2. The minimum atomic E-state index is -0.201. The van der Waals surface area contributed by atoms with Gasteiger partial charge in [0.25, 0.3) is 0 Å². The number of halogens is 2. The molecule has 3 rings (SSSR count). The van der Waals surface area contributed by atoms with E-state index in [0.29, 0.717) is 15.7 Å². The van der Waals surface area contributed by atoms with Gasteiger partial charge in [0.1, 0.15) is 0 Å². The first-order valence-electron chi connectivity index (χ1n) is 9.29. The monoisotopic (exact) mass is 405 g/mol. The van der Waals surface area contributed by atoms with Crippen LogP contribution in [0.25, 0.3) is 0 Å². The van der Waals surface area contributed by atoms with E-state index in [2.05, 4.69) is 39.4 Å². The van der Waals surface area contributed by atoms with Crippen LogP contribution in [0.1, 0.15) is 12.5 Å². The van der Waals surface area contributed by atoms with Crippen molar-refractivity contribution in [3.63, 3.8) is 0 Å². The van der Waals surface area contributed by atoms with Gasteiger partial charge in [0.05, 0.1) is 16.8 Å². The van der Waals surface area contributed by atoms with Gasteiger partial charge in [-0.3, -0.25) is 9.69 Å². The van der Waals surface area contributed by atoms with Gasteiger partial charge in [-0.1, -0.05) is 53.5 Å². The zero-order valence-electron chi connectivity index (χ0n) is 15.5. The third-order valence-corrected chi connectivity index (χ3v) is 5.63. The van der Waals surface area contributed by atoms with E-state index in [1.165, 1.54) is 5.56 Å². The van der Waals surface area contributed by atoms with Crippen LogP contribution >= 0.6 is 23.2 Å². The number of hydrogen-bond donors (Lipinski definition) is 1. The average Bonchev–Trinajstić information content (AvgIpc) is 2.69. The van der Waals surface area contributed by atoms with Crippen molar-refractivity contribution in [3.05, 3.63) is 64.1 Å². The van der Waals surface area contributed by atoms with E-state index in [4.69, 9.17) is 23.2 Å². The van der Waals surface area contributed by atoms with E-state index >= 15 is 0 Å². The number of nitrogens with one attached hydrogen (secondary N) is 1. The summed E-state index contributed by atoms with van der Waals surface area (Å²) in [5.41, 5.74) is 1.96. The van der Waals surface area contributed by atoms with Gasteiger partial charge in [0.15, 0.2) is 0 Å². The highest BCUT2D eigenvalue weighted by molar-refractivity contribution is 6.36. The highest BCUT2D eigenvalue weighted by Gasteiger charge is 2.25. The molecule has 2 aromatic carbocycles. The molecule has 144 valence electrons. The number of piperazine rings is 1. The zero-order chi connectivity index (χ0) is 19.2. The van der Waals surface area contributed by atoms with Crippen molar-refractivity contribution >= 4 is 34.8 Å². The van der Waals surface area contributed by atoms with Gasteiger partial charge >= 0.3 is 0 Å². The molecule has 0 unspecified atom stereocenters. The number of hydrogen-bond acceptors (Lipinski definition) is 3. The predicted octanol–water partition coefficient (Wildman–Crippen LogP) is 4.18. The normalized spacial score (nSPS) is 16.9. The molecule has 0 radical (unpaired) electrons. The average molecular weight is 406 g/mol. The molecule has 1 saturated heterocycles. The summed E-state index contributed by atoms with van der Waals surface area (Å²) in [6.07, 6.45) is 1.06. The molecule has 1 amide bonds. The van der Waals surface area contributed by atoms with Gasteiger partial charge in [0, 0.05) is 37.7 Å². The number of carbonyl (C=O) groups excluding carboxylic acids is 1. The highest BCUT2D eigenvalue weighted by atomic mass is 35.5. The number of carbonyl (C=O) groups is 1. The van der Waals surface area contributed by atoms with E-state index in [1.54, 1.807) is 18.2 Å². The van der Waals surface area contributed by atoms with E-state index in [0.717, 1.165) is 39.1 Å². The Kier molecular flexibility index (Phi) is 7.13. The lowest BCUT2D eigenvalue weighted by Gasteiger charge is -2.37. The molecule has 1 atom stereocenters. The first-order valence-corrected chi connectivity index (χ1v) is 10.0. The van der Waals surface area contributed by atoms with Crippen molar-refractivity contribution in [2.75, 3.05) is 38.0 Å². The van der Waals surface area contributed by atoms with E-state index in [-0.39, 0.29) is 11.9 Å². The molecular formula is C21H25Cl2N3O. The van der Waals surface area contributed by atoms with Gasteiger partial charge in [-0.05, 0) is 37.1 Å². The standard InChI is InChI=1S/C21H25Cl2N3O/c1-16(21(27)24-20-8-7-18(22)15-19(20)23)26-13-11-25(12-14-26)10-9-17-5-3-2-4-6-17/h2-8,15-16H,9-14H2,1H3,(H,24,27)/t16-/m0/s1. The molecule has 0 aliphatic carbocycles. The quantitative estimate of drug-likeness (QED) is 0.782. The molecule has 0 spiro atoms. The minimum absolute atomic E-state index is 0.0445. The van der Waals surface area contributed by atoms with Crippen molar-refractivity contribution in [2.45, 2.75) is 19.4 Å². The summed E-state index contributed by atoms with van der Waals surface area (Å²) in [7, 11) is 0. The molecule has 4 nitrogen and oxygen atoms in total. The second-order valence-electron chi connectivity index (χ2n) is 6.90. The topological polar surface area (TPSA) is 35.6 Å². The molecule has 1 aliphatic heterocycles. The van der Waals surface area contributed by atoms with Crippen molar-refractivity contribution in [1.82, 2.24) is 9.80 Å². The van der Waals surface area contributed by atoms with E-state index < -0.39 is 0 Å². The fourth-order valence-corrected chi connectivity index (χ4v) is 3.76. The van der Waals surface area contributed by atoms with Gasteiger partial charge in [-0.2, -0.15) is 0 Å². The first-order chi connectivity index (χ1) is 13.0. The number of anilines is 1. The summed E-state index contributed by atoms with van der Waals surface area (Å²) >= 11 is 12.1.